The van der Waals surface area contributed by atoms with Gasteiger partial charge < -0.3 is 4.74 Å². The molecule has 0 spiro atoms. The molecule has 0 saturated carbocycles. The lowest BCUT2D eigenvalue weighted by Crippen LogP contribution is -2.27. The van der Waals surface area contributed by atoms with Crippen molar-refractivity contribution in [3.63, 3.8) is 0 Å². The van der Waals surface area contributed by atoms with Crippen LogP contribution in [0.5, 0.6) is 5.75 Å². The minimum Gasteiger partial charge on any atom is -0.481 e. The van der Waals surface area contributed by atoms with E-state index in [1.165, 1.54) is 17.7 Å². The van der Waals surface area contributed by atoms with Crippen LogP contribution in [0, 0.1) is 5.82 Å². The Labute approximate surface area is 134 Å². The van der Waals surface area contributed by atoms with Crippen LogP contribution in [0.1, 0.15) is 24.0 Å². The number of para-hydroxylation sites is 1. The van der Waals surface area contributed by atoms with Crippen LogP contribution in [0.3, 0.4) is 0 Å². The number of hydrogen-bond donors (Lipinski definition) is 1. The molecule has 4 nitrogen and oxygen atoms in total. The Morgan fingerprint density at radius 3 is 2.78 bits per heavy atom. The Bertz CT molecular complexity index is 743. The summed E-state index contributed by atoms with van der Waals surface area (Å²) in [5, 5.41) is 4.20. The van der Waals surface area contributed by atoms with Gasteiger partial charge in [-0.15, -0.1) is 0 Å². The lowest BCUT2D eigenvalue weighted by molar-refractivity contribution is -0.123. The van der Waals surface area contributed by atoms with Crippen molar-refractivity contribution in [1.82, 2.24) is 5.43 Å². The molecule has 118 valence electrons. The summed E-state index contributed by atoms with van der Waals surface area (Å²) >= 11 is 0. The molecule has 2 aromatic carbocycles. The predicted octanol–water partition coefficient (Wildman–Crippen LogP) is 3.06. The Morgan fingerprint density at radius 1 is 1.13 bits per heavy atom. The third-order valence-corrected chi connectivity index (χ3v) is 3.70. The van der Waals surface area contributed by atoms with Crippen LogP contribution in [0.15, 0.2) is 53.6 Å². The highest BCUT2D eigenvalue weighted by Crippen LogP contribution is 2.21. The number of amides is 1. The second-order valence-corrected chi connectivity index (χ2v) is 5.32. The molecule has 0 atom stereocenters. The fraction of sp³-hybridized carbons (Fsp3) is 0.222. The molecule has 1 aliphatic carbocycles. The Hall–Kier alpha value is -2.69. The van der Waals surface area contributed by atoms with Crippen molar-refractivity contribution in [2.75, 3.05) is 6.61 Å². The highest BCUT2D eigenvalue weighted by Gasteiger charge is 2.15. The van der Waals surface area contributed by atoms with Crippen LogP contribution in [-0.2, 0) is 11.2 Å². The minimum absolute atomic E-state index is 0.0540. The monoisotopic (exact) mass is 312 g/mol. The molecule has 3 rings (SSSR count). The van der Waals surface area contributed by atoms with Crippen LogP contribution < -0.4 is 10.2 Å². The summed E-state index contributed by atoms with van der Waals surface area (Å²) in [4.78, 5) is 11.8. The highest BCUT2D eigenvalue weighted by molar-refractivity contribution is 6.03. The van der Waals surface area contributed by atoms with Gasteiger partial charge in [-0.25, -0.2) is 9.82 Å². The molecule has 1 N–H and O–H groups in total. The van der Waals surface area contributed by atoms with Gasteiger partial charge in [0.1, 0.15) is 0 Å². The van der Waals surface area contributed by atoms with Crippen LogP contribution in [-0.4, -0.2) is 18.2 Å². The number of carbonyl (C=O) groups excluding carboxylic acids is 1. The van der Waals surface area contributed by atoms with Crippen molar-refractivity contribution in [3.8, 4) is 5.75 Å². The number of carbonyl (C=O) groups is 1. The van der Waals surface area contributed by atoms with E-state index in [0.717, 1.165) is 30.5 Å². The number of rotatable bonds is 4. The Morgan fingerprint density at radius 2 is 1.91 bits per heavy atom. The zero-order valence-electron chi connectivity index (χ0n) is 12.6. The fourth-order valence-electron chi connectivity index (χ4n) is 2.58. The van der Waals surface area contributed by atoms with E-state index >= 15 is 0 Å². The first-order chi connectivity index (χ1) is 11.2. The molecule has 23 heavy (non-hydrogen) atoms. The molecule has 0 unspecified atom stereocenters. The number of benzene rings is 2. The third-order valence-electron chi connectivity index (χ3n) is 3.70. The first kappa shape index (κ1) is 15.2. The Balaban J connectivity index is 1.60. The number of hydrazone groups is 1. The van der Waals surface area contributed by atoms with Gasteiger partial charge in [0, 0.05) is 5.56 Å². The molecular formula is C18H17FN2O2. The van der Waals surface area contributed by atoms with Crippen molar-refractivity contribution >= 4 is 11.6 Å². The number of nitrogens with zero attached hydrogens (tertiary/aromatic N) is 1. The average molecular weight is 312 g/mol. The molecule has 0 bridgehead atoms. The van der Waals surface area contributed by atoms with Crippen LogP contribution >= 0.6 is 0 Å². The van der Waals surface area contributed by atoms with Crippen molar-refractivity contribution in [1.29, 1.82) is 0 Å². The van der Waals surface area contributed by atoms with Gasteiger partial charge in [-0.05, 0) is 37.0 Å². The van der Waals surface area contributed by atoms with Gasteiger partial charge in [-0.2, -0.15) is 5.10 Å². The van der Waals surface area contributed by atoms with E-state index in [0.29, 0.717) is 0 Å². The number of halogens is 1. The standard InChI is InChI=1S/C18H17FN2O2/c19-15-9-3-4-11-17(15)23-12-18(22)21-20-16-10-5-7-13-6-1-2-8-14(13)16/h1-4,6,8-9,11H,5,7,10,12H2,(H,21,22). The summed E-state index contributed by atoms with van der Waals surface area (Å²) in [6.07, 6.45) is 2.86. The van der Waals surface area contributed by atoms with Crippen molar-refractivity contribution in [2.45, 2.75) is 19.3 Å². The largest absolute Gasteiger partial charge is 0.481 e. The van der Waals surface area contributed by atoms with E-state index in [9.17, 15) is 9.18 Å². The van der Waals surface area contributed by atoms with Gasteiger partial charge in [0.05, 0.1) is 5.71 Å². The summed E-state index contributed by atoms with van der Waals surface area (Å²) in [6, 6.07) is 14.0. The molecule has 0 saturated heterocycles. The summed E-state index contributed by atoms with van der Waals surface area (Å²) in [7, 11) is 0. The number of hydrogen-bond acceptors (Lipinski definition) is 3. The molecular weight excluding hydrogens is 295 g/mol. The predicted molar refractivity (Wildman–Crippen MR) is 86.0 cm³/mol. The van der Waals surface area contributed by atoms with E-state index in [-0.39, 0.29) is 12.4 Å². The van der Waals surface area contributed by atoms with E-state index in [4.69, 9.17) is 4.74 Å². The topological polar surface area (TPSA) is 50.7 Å². The molecule has 0 heterocycles. The second kappa shape index (κ2) is 7.05. The average Bonchev–Trinajstić information content (AvgIpc) is 2.59. The quantitative estimate of drug-likeness (QED) is 0.882. The second-order valence-electron chi connectivity index (χ2n) is 5.32. The zero-order chi connectivity index (χ0) is 16.1. The molecule has 0 aliphatic heterocycles. The maximum absolute atomic E-state index is 13.4. The fourth-order valence-corrected chi connectivity index (χ4v) is 2.58. The van der Waals surface area contributed by atoms with Crippen LogP contribution in [0.2, 0.25) is 0 Å². The van der Waals surface area contributed by atoms with E-state index < -0.39 is 11.7 Å². The minimum atomic E-state index is -0.493. The summed E-state index contributed by atoms with van der Waals surface area (Å²) in [6.45, 7) is -0.278. The van der Waals surface area contributed by atoms with Gasteiger partial charge in [-0.3, -0.25) is 4.79 Å². The molecule has 0 fully saturated rings. The molecule has 0 aromatic heterocycles. The lowest BCUT2D eigenvalue weighted by Gasteiger charge is -2.17. The van der Waals surface area contributed by atoms with Gasteiger partial charge in [-0.1, -0.05) is 36.4 Å². The van der Waals surface area contributed by atoms with Crippen molar-refractivity contribution in [2.24, 2.45) is 5.10 Å². The molecule has 1 amide bonds. The van der Waals surface area contributed by atoms with Crippen LogP contribution in [0.25, 0.3) is 0 Å². The smallest absolute Gasteiger partial charge is 0.277 e. The first-order valence-corrected chi connectivity index (χ1v) is 7.55. The van der Waals surface area contributed by atoms with Gasteiger partial charge in [0.2, 0.25) is 0 Å². The number of ether oxygens (including phenoxy) is 1. The zero-order valence-corrected chi connectivity index (χ0v) is 12.6. The SMILES string of the molecule is O=C(COc1ccccc1F)NN=C1CCCc2ccccc21. The third kappa shape index (κ3) is 3.74. The van der Waals surface area contributed by atoms with Gasteiger partial charge in [0.25, 0.3) is 5.91 Å². The normalized spacial score (nSPS) is 15.1. The number of fused-ring (bicyclic) bond motifs is 1. The highest BCUT2D eigenvalue weighted by atomic mass is 19.1. The van der Waals surface area contributed by atoms with Crippen molar-refractivity contribution in [3.05, 3.63) is 65.5 Å². The maximum atomic E-state index is 13.4. The van der Waals surface area contributed by atoms with Crippen molar-refractivity contribution < 1.29 is 13.9 Å². The summed E-state index contributed by atoms with van der Waals surface area (Å²) in [5.41, 5.74) is 5.67. The molecule has 5 heteroatoms. The molecule has 0 radical (unpaired) electrons. The van der Waals surface area contributed by atoms with E-state index in [2.05, 4.69) is 16.6 Å². The van der Waals surface area contributed by atoms with Gasteiger partial charge in [0.15, 0.2) is 18.2 Å². The molecule has 2 aromatic rings. The van der Waals surface area contributed by atoms with E-state index in [1.54, 1.807) is 12.1 Å². The Kier molecular flexibility index (Phi) is 4.66. The molecule has 1 aliphatic rings. The maximum Gasteiger partial charge on any atom is 0.277 e. The summed E-state index contributed by atoms with van der Waals surface area (Å²) in [5.74, 6) is -0.852. The lowest BCUT2D eigenvalue weighted by atomic mass is 9.90. The van der Waals surface area contributed by atoms with Crippen LogP contribution in [0.4, 0.5) is 4.39 Å². The van der Waals surface area contributed by atoms with Gasteiger partial charge >= 0.3 is 0 Å². The number of aryl methyl sites for hydroxylation is 1. The van der Waals surface area contributed by atoms with E-state index in [1.807, 2.05) is 18.2 Å². The summed E-state index contributed by atoms with van der Waals surface area (Å²) < 4.78 is 18.5. The first-order valence-electron chi connectivity index (χ1n) is 7.55. The number of nitrogens with one attached hydrogen (secondary N) is 1.